The zero-order valence-electron chi connectivity index (χ0n) is 20.2. The normalized spacial score (nSPS) is 20.3. The second-order valence-electron chi connectivity index (χ2n) is 9.53. The number of halogens is 1. The minimum Gasteiger partial charge on any atom is -0.497 e. The number of benzene rings is 2. The van der Waals surface area contributed by atoms with Gasteiger partial charge in [0.2, 0.25) is 0 Å². The van der Waals surface area contributed by atoms with Gasteiger partial charge in [-0.2, -0.15) is 0 Å². The molecule has 1 aromatic heterocycles. The summed E-state index contributed by atoms with van der Waals surface area (Å²) in [6, 6.07) is 11.4. The second-order valence-corrected chi connectivity index (χ2v) is 9.53. The summed E-state index contributed by atoms with van der Waals surface area (Å²) >= 11 is 0. The van der Waals surface area contributed by atoms with Crippen molar-refractivity contribution in [2.75, 3.05) is 19.0 Å². The number of imidazole rings is 1. The van der Waals surface area contributed by atoms with Crippen molar-refractivity contribution in [1.29, 1.82) is 0 Å². The van der Waals surface area contributed by atoms with Crippen molar-refractivity contribution in [2.45, 2.75) is 33.6 Å². The van der Waals surface area contributed by atoms with Crippen LogP contribution in [0.4, 0.5) is 14.9 Å². The maximum absolute atomic E-state index is 13.1. The van der Waals surface area contributed by atoms with E-state index in [9.17, 15) is 9.18 Å². The van der Waals surface area contributed by atoms with Gasteiger partial charge in [-0.05, 0) is 73.4 Å². The zero-order valence-corrected chi connectivity index (χ0v) is 20.2. The highest BCUT2D eigenvalue weighted by Gasteiger charge is 2.32. The molecule has 3 atom stereocenters. The van der Waals surface area contributed by atoms with Crippen LogP contribution in [0.2, 0.25) is 0 Å². The first-order valence-electron chi connectivity index (χ1n) is 11.8. The van der Waals surface area contributed by atoms with Crippen LogP contribution in [0.5, 0.6) is 5.75 Å². The molecular formula is C27H33FN4O2. The molecule has 3 N–H and O–H groups in total. The molecule has 0 spiro atoms. The van der Waals surface area contributed by atoms with Crippen molar-refractivity contribution in [2.24, 2.45) is 23.7 Å². The average Bonchev–Trinajstić information content (AvgIpc) is 3.22. The minimum atomic E-state index is -0.328. The number of aromatic amines is 1. The van der Waals surface area contributed by atoms with Crippen molar-refractivity contribution in [3.8, 4) is 5.75 Å². The summed E-state index contributed by atoms with van der Waals surface area (Å²) in [5.74, 6) is 3.07. The Labute approximate surface area is 200 Å². The van der Waals surface area contributed by atoms with E-state index in [0.29, 0.717) is 30.0 Å². The van der Waals surface area contributed by atoms with Crippen molar-refractivity contribution in [3.63, 3.8) is 0 Å². The standard InChI is InChI=1S/C27H33FN4O2/c1-16(2)23-12-18(13-26-31-24-10-9-22(34-4)14-25(24)32-26)17(3)11-19(23)15-29-27(33)30-21-7-5-20(28)6-8-21/h5-11,14,16,18-19,23H,12-13,15H2,1-4H3,(H,31,32)(H2,29,30,33). The van der Waals surface area contributed by atoms with Crippen molar-refractivity contribution >= 4 is 22.8 Å². The average molecular weight is 465 g/mol. The first kappa shape index (κ1) is 23.8. The Morgan fingerprint density at radius 1 is 1.24 bits per heavy atom. The van der Waals surface area contributed by atoms with E-state index >= 15 is 0 Å². The molecule has 3 aromatic rings. The molecule has 2 aromatic carbocycles. The second kappa shape index (κ2) is 10.3. The van der Waals surface area contributed by atoms with E-state index in [1.807, 2.05) is 18.2 Å². The Bertz CT molecular complexity index is 1170. The smallest absolute Gasteiger partial charge is 0.319 e. The largest absolute Gasteiger partial charge is 0.497 e. The number of ether oxygens (including phenoxy) is 1. The third-order valence-electron chi connectivity index (χ3n) is 6.86. The molecule has 1 heterocycles. The lowest BCUT2D eigenvalue weighted by molar-refractivity contribution is 0.217. The van der Waals surface area contributed by atoms with Crippen LogP contribution in [0.25, 0.3) is 11.0 Å². The Hall–Kier alpha value is -3.35. The van der Waals surface area contributed by atoms with Gasteiger partial charge in [0.05, 0.1) is 18.1 Å². The fourth-order valence-corrected chi connectivity index (χ4v) is 4.93. The molecule has 7 heteroatoms. The van der Waals surface area contributed by atoms with Gasteiger partial charge in [0.25, 0.3) is 0 Å². The molecular weight excluding hydrogens is 431 g/mol. The molecule has 1 aliphatic carbocycles. The molecule has 34 heavy (non-hydrogen) atoms. The van der Waals surface area contributed by atoms with Gasteiger partial charge in [0, 0.05) is 24.7 Å². The number of H-pyrrole nitrogens is 1. The van der Waals surface area contributed by atoms with Gasteiger partial charge in [-0.15, -0.1) is 0 Å². The van der Waals surface area contributed by atoms with Crippen LogP contribution in [0.15, 0.2) is 54.1 Å². The number of fused-ring (bicyclic) bond motifs is 1. The molecule has 0 fully saturated rings. The summed E-state index contributed by atoms with van der Waals surface area (Å²) in [5, 5.41) is 5.76. The lowest BCUT2D eigenvalue weighted by atomic mass is 9.70. The number of nitrogens with one attached hydrogen (secondary N) is 3. The SMILES string of the molecule is COc1ccc2nc(CC3CC(C(C)C)C(CNC(=O)Nc4ccc(F)cc4)C=C3C)[nH]c2c1. The molecule has 4 rings (SSSR count). The van der Waals surface area contributed by atoms with Crippen LogP contribution in [-0.2, 0) is 6.42 Å². The molecule has 3 unspecified atom stereocenters. The van der Waals surface area contributed by atoms with Gasteiger partial charge in [0.15, 0.2) is 0 Å². The number of methoxy groups -OCH3 is 1. The Morgan fingerprint density at radius 3 is 2.71 bits per heavy atom. The summed E-state index contributed by atoms with van der Waals surface area (Å²) in [6.07, 6.45) is 4.22. The van der Waals surface area contributed by atoms with E-state index in [0.717, 1.165) is 35.4 Å². The van der Waals surface area contributed by atoms with E-state index < -0.39 is 0 Å². The minimum absolute atomic E-state index is 0.259. The number of urea groups is 1. The van der Waals surface area contributed by atoms with Crippen molar-refractivity contribution < 1.29 is 13.9 Å². The molecule has 0 radical (unpaired) electrons. The molecule has 0 saturated carbocycles. The lowest BCUT2D eigenvalue weighted by Gasteiger charge is -2.37. The molecule has 1 aliphatic rings. The predicted octanol–water partition coefficient (Wildman–Crippen LogP) is 5.93. The first-order valence-corrected chi connectivity index (χ1v) is 11.8. The molecule has 0 bridgehead atoms. The van der Waals surface area contributed by atoms with E-state index in [4.69, 9.17) is 9.72 Å². The summed E-state index contributed by atoms with van der Waals surface area (Å²) in [5.41, 5.74) is 3.84. The fourth-order valence-electron chi connectivity index (χ4n) is 4.93. The highest BCUT2D eigenvalue weighted by molar-refractivity contribution is 5.89. The van der Waals surface area contributed by atoms with Crippen LogP contribution >= 0.6 is 0 Å². The van der Waals surface area contributed by atoms with E-state index in [2.05, 4.69) is 42.5 Å². The zero-order chi connectivity index (χ0) is 24.2. The molecule has 2 amide bonds. The summed E-state index contributed by atoms with van der Waals surface area (Å²) in [4.78, 5) is 20.6. The Morgan fingerprint density at radius 2 is 2.00 bits per heavy atom. The van der Waals surface area contributed by atoms with Crippen LogP contribution in [0, 0.1) is 29.5 Å². The number of hydrogen-bond donors (Lipinski definition) is 3. The summed E-state index contributed by atoms with van der Waals surface area (Å²) in [6.45, 7) is 7.23. The van der Waals surface area contributed by atoms with E-state index in [-0.39, 0.29) is 17.8 Å². The maximum atomic E-state index is 13.1. The van der Waals surface area contributed by atoms with Crippen LogP contribution < -0.4 is 15.4 Å². The summed E-state index contributed by atoms with van der Waals surface area (Å²) < 4.78 is 18.4. The lowest BCUT2D eigenvalue weighted by Crippen LogP contribution is -2.38. The number of allylic oxidation sites excluding steroid dienone is 1. The number of carbonyl (C=O) groups excluding carboxylic acids is 1. The van der Waals surface area contributed by atoms with Gasteiger partial charge < -0.3 is 20.4 Å². The van der Waals surface area contributed by atoms with Crippen LogP contribution in [-0.4, -0.2) is 29.7 Å². The molecule has 180 valence electrons. The number of hydrogen-bond acceptors (Lipinski definition) is 3. The van der Waals surface area contributed by atoms with Crippen molar-refractivity contribution in [3.05, 3.63) is 65.8 Å². The maximum Gasteiger partial charge on any atom is 0.319 e. The molecule has 6 nitrogen and oxygen atoms in total. The third-order valence-corrected chi connectivity index (χ3v) is 6.86. The highest BCUT2D eigenvalue weighted by Crippen LogP contribution is 2.38. The quantitative estimate of drug-likeness (QED) is 0.379. The van der Waals surface area contributed by atoms with Gasteiger partial charge >= 0.3 is 6.03 Å². The number of nitrogens with zero attached hydrogens (tertiary/aromatic N) is 1. The number of amides is 2. The number of aromatic nitrogens is 2. The molecule has 0 aliphatic heterocycles. The van der Waals surface area contributed by atoms with Gasteiger partial charge in [0.1, 0.15) is 17.4 Å². The molecule has 0 saturated heterocycles. The Balaban J connectivity index is 1.41. The Kier molecular flexibility index (Phi) is 7.20. The monoisotopic (exact) mass is 464 g/mol. The van der Waals surface area contributed by atoms with Crippen molar-refractivity contribution in [1.82, 2.24) is 15.3 Å². The van der Waals surface area contributed by atoms with Gasteiger partial charge in [-0.1, -0.05) is 25.5 Å². The van der Waals surface area contributed by atoms with Crippen LogP contribution in [0.1, 0.15) is 33.0 Å². The van der Waals surface area contributed by atoms with E-state index in [1.54, 1.807) is 19.2 Å². The predicted molar refractivity (Wildman–Crippen MR) is 133 cm³/mol. The highest BCUT2D eigenvalue weighted by atomic mass is 19.1. The number of carbonyl (C=O) groups is 1. The summed E-state index contributed by atoms with van der Waals surface area (Å²) in [7, 11) is 1.67. The first-order chi connectivity index (χ1) is 16.3. The third kappa shape index (κ3) is 5.58. The van der Waals surface area contributed by atoms with Gasteiger partial charge in [-0.3, -0.25) is 0 Å². The van der Waals surface area contributed by atoms with Gasteiger partial charge in [-0.25, -0.2) is 14.2 Å². The number of rotatable bonds is 7. The number of anilines is 1. The van der Waals surface area contributed by atoms with E-state index in [1.165, 1.54) is 17.7 Å². The van der Waals surface area contributed by atoms with Crippen LogP contribution in [0.3, 0.4) is 0 Å². The fraction of sp³-hybridized carbons (Fsp3) is 0.407. The topological polar surface area (TPSA) is 79.0 Å².